The molecule has 0 radical (unpaired) electrons. The molecule has 0 heterocycles. The molecule has 2 heteroatoms. The van der Waals surface area contributed by atoms with Crippen LogP contribution >= 0.6 is 0 Å². The maximum Gasteiger partial charge on any atom is 0.119 e. The van der Waals surface area contributed by atoms with Crippen molar-refractivity contribution in [1.82, 2.24) is 0 Å². The Bertz CT molecular complexity index is 451. The Balaban J connectivity index is 2.52. The highest BCUT2D eigenvalue weighted by molar-refractivity contribution is 5.86. The van der Waals surface area contributed by atoms with E-state index >= 15 is 0 Å². The summed E-state index contributed by atoms with van der Waals surface area (Å²) in [5.74, 6) is 0.894. The number of anilines is 1. The Kier molecular flexibility index (Phi) is 2.27. The maximum absolute atomic E-state index is 5.71. The summed E-state index contributed by atoms with van der Waals surface area (Å²) in [4.78, 5) is 0. The number of hydrogen-bond acceptors (Lipinski definition) is 2. The van der Waals surface area contributed by atoms with Gasteiger partial charge in [0.2, 0.25) is 0 Å². The first-order valence-electron chi connectivity index (χ1n) is 4.71. The predicted molar refractivity (Wildman–Crippen MR) is 59.5 cm³/mol. The molecule has 0 spiro atoms. The molecule has 0 saturated carbocycles. The van der Waals surface area contributed by atoms with E-state index in [9.17, 15) is 0 Å². The van der Waals surface area contributed by atoms with E-state index in [0.717, 1.165) is 16.8 Å². The van der Waals surface area contributed by atoms with Crippen LogP contribution in [0.25, 0.3) is 10.8 Å². The molecular formula is C12H13NO. The fraction of sp³-hybridized carbons (Fsp3) is 0.167. The van der Waals surface area contributed by atoms with Crippen LogP contribution in [-0.2, 0) is 0 Å². The van der Waals surface area contributed by atoms with E-state index in [0.29, 0.717) is 6.61 Å². The molecule has 2 rings (SSSR count). The second kappa shape index (κ2) is 3.58. The topological polar surface area (TPSA) is 35.2 Å². The van der Waals surface area contributed by atoms with Gasteiger partial charge in [-0.3, -0.25) is 0 Å². The van der Waals surface area contributed by atoms with Crippen molar-refractivity contribution < 1.29 is 4.74 Å². The van der Waals surface area contributed by atoms with Crippen molar-refractivity contribution in [3.05, 3.63) is 36.4 Å². The van der Waals surface area contributed by atoms with Crippen molar-refractivity contribution in [2.24, 2.45) is 0 Å². The summed E-state index contributed by atoms with van der Waals surface area (Å²) in [7, 11) is 0. The van der Waals surface area contributed by atoms with Gasteiger partial charge in [0.05, 0.1) is 6.61 Å². The van der Waals surface area contributed by atoms with Gasteiger partial charge in [-0.25, -0.2) is 0 Å². The third-order valence-electron chi connectivity index (χ3n) is 2.15. The second-order valence-electron chi connectivity index (χ2n) is 3.20. The number of hydrogen-bond donors (Lipinski definition) is 1. The quantitative estimate of drug-likeness (QED) is 0.734. The lowest BCUT2D eigenvalue weighted by Gasteiger charge is -2.04. The monoisotopic (exact) mass is 187 g/mol. The molecule has 2 nitrogen and oxygen atoms in total. The third kappa shape index (κ3) is 1.64. The zero-order valence-corrected chi connectivity index (χ0v) is 8.16. The Morgan fingerprint density at radius 2 is 1.86 bits per heavy atom. The fourth-order valence-electron chi connectivity index (χ4n) is 1.50. The highest BCUT2D eigenvalue weighted by atomic mass is 16.5. The molecule has 0 aliphatic carbocycles. The minimum absolute atomic E-state index is 0.688. The molecule has 2 aromatic rings. The van der Waals surface area contributed by atoms with E-state index in [1.165, 1.54) is 5.39 Å². The van der Waals surface area contributed by atoms with Crippen LogP contribution in [0.2, 0.25) is 0 Å². The minimum atomic E-state index is 0.688. The van der Waals surface area contributed by atoms with Crippen LogP contribution in [0.1, 0.15) is 6.92 Å². The van der Waals surface area contributed by atoms with Crippen LogP contribution in [0, 0.1) is 0 Å². The number of rotatable bonds is 2. The first-order chi connectivity index (χ1) is 6.79. The van der Waals surface area contributed by atoms with E-state index in [-0.39, 0.29) is 0 Å². The number of nitrogens with two attached hydrogens (primary N) is 1. The first kappa shape index (κ1) is 8.88. The van der Waals surface area contributed by atoms with Gasteiger partial charge < -0.3 is 10.5 Å². The second-order valence-corrected chi connectivity index (χ2v) is 3.20. The summed E-state index contributed by atoms with van der Waals surface area (Å²) >= 11 is 0. The molecule has 0 aliphatic rings. The van der Waals surface area contributed by atoms with Crippen LogP contribution in [0.3, 0.4) is 0 Å². The summed E-state index contributed by atoms with van der Waals surface area (Å²) in [5.41, 5.74) is 6.49. The van der Waals surface area contributed by atoms with Crippen molar-refractivity contribution in [2.45, 2.75) is 6.92 Å². The first-order valence-corrected chi connectivity index (χ1v) is 4.71. The summed E-state index contributed by atoms with van der Waals surface area (Å²) < 4.78 is 5.41. The molecule has 0 atom stereocenters. The molecule has 0 aromatic heterocycles. The van der Waals surface area contributed by atoms with Crippen molar-refractivity contribution >= 4 is 16.5 Å². The van der Waals surface area contributed by atoms with Gasteiger partial charge in [-0.05, 0) is 42.0 Å². The molecule has 0 aliphatic heterocycles. The maximum atomic E-state index is 5.71. The average molecular weight is 187 g/mol. The zero-order valence-electron chi connectivity index (χ0n) is 8.16. The minimum Gasteiger partial charge on any atom is -0.494 e. The SMILES string of the molecule is CCOc1ccc2ccc(N)cc2c1. The Morgan fingerprint density at radius 1 is 1.07 bits per heavy atom. The van der Waals surface area contributed by atoms with Gasteiger partial charge in [-0.2, -0.15) is 0 Å². The van der Waals surface area contributed by atoms with Crippen LogP contribution in [-0.4, -0.2) is 6.61 Å². The molecule has 14 heavy (non-hydrogen) atoms. The van der Waals surface area contributed by atoms with Gasteiger partial charge in [0.15, 0.2) is 0 Å². The van der Waals surface area contributed by atoms with E-state index < -0.39 is 0 Å². The van der Waals surface area contributed by atoms with Crippen molar-refractivity contribution in [3.8, 4) is 5.75 Å². The molecule has 0 fully saturated rings. The van der Waals surface area contributed by atoms with Gasteiger partial charge in [0.25, 0.3) is 0 Å². The van der Waals surface area contributed by atoms with Gasteiger partial charge in [0, 0.05) is 5.69 Å². The highest BCUT2D eigenvalue weighted by Crippen LogP contribution is 2.22. The average Bonchev–Trinajstić information content (AvgIpc) is 2.17. The molecule has 0 saturated heterocycles. The lowest BCUT2D eigenvalue weighted by molar-refractivity contribution is 0.341. The lowest BCUT2D eigenvalue weighted by atomic mass is 10.1. The fourth-order valence-corrected chi connectivity index (χ4v) is 1.50. The van der Waals surface area contributed by atoms with Crippen molar-refractivity contribution in [3.63, 3.8) is 0 Å². The predicted octanol–water partition coefficient (Wildman–Crippen LogP) is 2.82. The Morgan fingerprint density at radius 3 is 2.64 bits per heavy atom. The zero-order chi connectivity index (χ0) is 9.97. The number of fused-ring (bicyclic) bond motifs is 1. The lowest BCUT2D eigenvalue weighted by Crippen LogP contribution is -1.91. The van der Waals surface area contributed by atoms with Crippen molar-refractivity contribution in [2.75, 3.05) is 12.3 Å². The van der Waals surface area contributed by atoms with E-state index in [2.05, 4.69) is 0 Å². The van der Waals surface area contributed by atoms with Crippen molar-refractivity contribution in [1.29, 1.82) is 0 Å². The van der Waals surface area contributed by atoms with Gasteiger partial charge in [-0.1, -0.05) is 12.1 Å². The smallest absolute Gasteiger partial charge is 0.119 e. The molecule has 0 amide bonds. The number of nitrogen functional groups attached to an aromatic ring is 1. The molecule has 0 unspecified atom stereocenters. The van der Waals surface area contributed by atoms with Gasteiger partial charge in [0.1, 0.15) is 5.75 Å². The molecular weight excluding hydrogens is 174 g/mol. The van der Waals surface area contributed by atoms with Gasteiger partial charge in [-0.15, -0.1) is 0 Å². The molecule has 2 N–H and O–H groups in total. The number of benzene rings is 2. The summed E-state index contributed by atoms with van der Waals surface area (Å²) in [6.45, 7) is 2.66. The standard InChI is InChI=1S/C12H13NO/c1-2-14-12-6-4-9-3-5-11(13)7-10(9)8-12/h3-8H,2,13H2,1H3. The van der Waals surface area contributed by atoms with E-state index in [4.69, 9.17) is 10.5 Å². The Labute approximate surface area is 83.3 Å². The normalized spacial score (nSPS) is 10.4. The molecule has 0 bridgehead atoms. The van der Waals surface area contributed by atoms with Crippen LogP contribution < -0.4 is 10.5 Å². The van der Waals surface area contributed by atoms with E-state index in [1.54, 1.807) is 0 Å². The Hall–Kier alpha value is -1.70. The third-order valence-corrected chi connectivity index (χ3v) is 2.15. The number of ether oxygens (including phenoxy) is 1. The molecule has 72 valence electrons. The van der Waals surface area contributed by atoms with Crippen LogP contribution in [0.4, 0.5) is 5.69 Å². The van der Waals surface area contributed by atoms with Crippen LogP contribution in [0.5, 0.6) is 5.75 Å². The van der Waals surface area contributed by atoms with E-state index in [1.807, 2.05) is 43.3 Å². The van der Waals surface area contributed by atoms with Gasteiger partial charge >= 0.3 is 0 Å². The summed E-state index contributed by atoms with van der Waals surface area (Å²) in [6, 6.07) is 11.9. The highest BCUT2D eigenvalue weighted by Gasteiger charge is 1.96. The summed E-state index contributed by atoms with van der Waals surface area (Å²) in [5, 5.41) is 2.30. The molecule has 2 aromatic carbocycles. The summed E-state index contributed by atoms with van der Waals surface area (Å²) in [6.07, 6.45) is 0. The van der Waals surface area contributed by atoms with Crippen LogP contribution in [0.15, 0.2) is 36.4 Å². The largest absolute Gasteiger partial charge is 0.494 e.